The van der Waals surface area contributed by atoms with Crippen LogP contribution in [0.15, 0.2) is 72.8 Å². The van der Waals surface area contributed by atoms with Gasteiger partial charge in [0.15, 0.2) is 0 Å². The molecule has 28 heavy (non-hydrogen) atoms. The third-order valence-corrected chi connectivity index (χ3v) is 4.65. The van der Waals surface area contributed by atoms with E-state index < -0.39 is 0 Å². The smallest absolute Gasteiger partial charge is 0.150 e. The number of rotatable bonds is 7. The Morgan fingerprint density at radius 1 is 1.00 bits per heavy atom. The molecule has 0 fully saturated rings. The lowest BCUT2D eigenvalue weighted by Gasteiger charge is -2.12. The summed E-state index contributed by atoms with van der Waals surface area (Å²) >= 11 is 0. The van der Waals surface area contributed by atoms with Crippen molar-refractivity contribution in [3.8, 4) is 16.9 Å². The second kappa shape index (κ2) is 9.05. The van der Waals surface area contributed by atoms with Crippen LogP contribution in [0, 0.1) is 6.92 Å². The normalized spacial score (nSPS) is 11.2. The highest BCUT2D eigenvalue weighted by atomic mass is 16.5. The lowest BCUT2D eigenvalue weighted by molar-refractivity contribution is 0.112. The molecule has 3 heteroatoms. The Morgan fingerprint density at radius 3 is 2.43 bits per heavy atom. The summed E-state index contributed by atoms with van der Waals surface area (Å²) in [5.74, 6) is 1.62. The summed E-state index contributed by atoms with van der Waals surface area (Å²) in [6.07, 6.45) is 2.79. The van der Waals surface area contributed by atoms with Crippen LogP contribution in [0.5, 0.6) is 5.75 Å². The Labute approximate surface area is 166 Å². The highest BCUT2D eigenvalue weighted by molar-refractivity contribution is 5.75. The average molecular weight is 372 g/mol. The van der Waals surface area contributed by atoms with E-state index in [2.05, 4.69) is 43.3 Å². The molecule has 0 aliphatic rings. The molecule has 0 unspecified atom stereocenters. The number of ether oxygens (including phenoxy) is 2. The van der Waals surface area contributed by atoms with Crippen LogP contribution in [-0.4, -0.2) is 13.4 Å². The zero-order valence-corrected chi connectivity index (χ0v) is 16.4. The highest BCUT2D eigenvalue weighted by Crippen LogP contribution is 2.28. The largest absolute Gasteiger partial charge is 0.496 e. The monoisotopic (exact) mass is 372 g/mol. The van der Waals surface area contributed by atoms with Crippen LogP contribution >= 0.6 is 0 Å². The number of carbonyl (C=O) groups is 1. The van der Waals surface area contributed by atoms with Gasteiger partial charge in [0, 0.05) is 11.1 Å². The minimum absolute atomic E-state index is 0.470. The van der Waals surface area contributed by atoms with Crippen LogP contribution in [-0.2, 0) is 11.3 Å². The van der Waals surface area contributed by atoms with Crippen molar-refractivity contribution >= 4 is 12.0 Å². The minimum atomic E-state index is 0.470. The molecule has 0 radical (unpaired) electrons. The number of allylic oxidation sites excluding steroid dienone is 1. The summed E-state index contributed by atoms with van der Waals surface area (Å²) in [6, 6.07) is 21.8. The predicted molar refractivity (Wildman–Crippen MR) is 113 cm³/mol. The second-order valence-electron chi connectivity index (χ2n) is 6.56. The van der Waals surface area contributed by atoms with Gasteiger partial charge in [0.25, 0.3) is 0 Å². The maximum Gasteiger partial charge on any atom is 0.150 e. The Bertz CT molecular complexity index is 985. The number of aldehydes is 1. The van der Waals surface area contributed by atoms with Crippen molar-refractivity contribution < 1.29 is 14.3 Å². The van der Waals surface area contributed by atoms with Crippen molar-refractivity contribution in [3.63, 3.8) is 0 Å². The molecule has 0 aliphatic carbocycles. The first kappa shape index (κ1) is 19.4. The third-order valence-electron chi connectivity index (χ3n) is 4.65. The molecule has 3 aromatic rings. The van der Waals surface area contributed by atoms with Crippen molar-refractivity contribution in [3.05, 3.63) is 95.1 Å². The quantitative estimate of drug-likeness (QED) is 0.373. The average Bonchev–Trinajstić information content (AvgIpc) is 2.74. The zero-order chi connectivity index (χ0) is 19.9. The highest BCUT2D eigenvalue weighted by Gasteiger charge is 2.07. The van der Waals surface area contributed by atoms with Crippen LogP contribution in [0.1, 0.15) is 34.0 Å². The predicted octanol–water partition coefficient (Wildman–Crippen LogP) is 6.06. The van der Waals surface area contributed by atoms with Crippen LogP contribution in [0.2, 0.25) is 0 Å². The topological polar surface area (TPSA) is 35.5 Å². The van der Waals surface area contributed by atoms with E-state index in [0.717, 1.165) is 34.5 Å². The molecule has 0 saturated heterocycles. The van der Waals surface area contributed by atoms with E-state index in [9.17, 15) is 4.79 Å². The first-order valence-corrected chi connectivity index (χ1v) is 9.23. The fourth-order valence-electron chi connectivity index (χ4n) is 3.18. The van der Waals surface area contributed by atoms with Gasteiger partial charge < -0.3 is 9.47 Å². The maximum absolute atomic E-state index is 10.7. The van der Waals surface area contributed by atoms with Crippen LogP contribution in [0.25, 0.3) is 16.9 Å². The maximum atomic E-state index is 10.7. The van der Waals surface area contributed by atoms with Gasteiger partial charge in [-0.15, -0.1) is 0 Å². The lowest BCUT2D eigenvalue weighted by atomic mass is 9.96. The number of methoxy groups -OCH3 is 1. The Balaban J connectivity index is 1.78. The summed E-state index contributed by atoms with van der Waals surface area (Å²) in [4.78, 5) is 10.7. The van der Waals surface area contributed by atoms with E-state index in [1.54, 1.807) is 19.2 Å². The Kier molecular flexibility index (Phi) is 6.28. The minimum Gasteiger partial charge on any atom is -0.496 e. The first-order chi connectivity index (χ1) is 13.6. The molecule has 0 saturated carbocycles. The third kappa shape index (κ3) is 4.49. The first-order valence-electron chi connectivity index (χ1n) is 9.23. The summed E-state index contributed by atoms with van der Waals surface area (Å²) in [6.45, 7) is 4.55. The van der Waals surface area contributed by atoms with Gasteiger partial charge in [0.05, 0.1) is 7.11 Å². The lowest BCUT2D eigenvalue weighted by Crippen LogP contribution is -1.96. The van der Waals surface area contributed by atoms with Gasteiger partial charge >= 0.3 is 0 Å². The molecule has 142 valence electrons. The van der Waals surface area contributed by atoms with Crippen molar-refractivity contribution in [2.45, 2.75) is 20.5 Å². The molecule has 3 aromatic carbocycles. The van der Waals surface area contributed by atoms with Gasteiger partial charge in [-0.1, -0.05) is 30.3 Å². The molecule has 0 bridgehead atoms. The van der Waals surface area contributed by atoms with Gasteiger partial charge in [-0.3, -0.25) is 4.79 Å². The van der Waals surface area contributed by atoms with Gasteiger partial charge in [0.2, 0.25) is 0 Å². The van der Waals surface area contributed by atoms with Gasteiger partial charge in [-0.2, -0.15) is 0 Å². The summed E-state index contributed by atoms with van der Waals surface area (Å²) < 4.78 is 11.3. The molecule has 0 spiro atoms. The fraction of sp³-hybridized carbons (Fsp3) is 0.160. The molecule has 0 amide bonds. The van der Waals surface area contributed by atoms with E-state index in [0.29, 0.717) is 12.2 Å². The van der Waals surface area contributed by atoms with Crippen LogP contribution < -0.4 is 4.74 Å². The molecule has 0 aromatic heterocycles. The number of carbonyl (C=O) groups excluding carboxylic acids is 1. The van der Waals surface area contributed by atoms with E-state index in [1.807, 2.05) is 31.2 Å². The van der Waals surface area contributed by atoms with Gasteiger partial charge in [-0.25, -0.2) is 0 Å². The van der Waals surface area contributed by atoms with Gasteiger partial charge in [-0.05, 0) is 78.6 Å². The van der Waals surface area contributed by atoms with Crippen molar-refractivity contribution in [2.24, 2.45) is 0 Å². The summed E-state index contributed by atoms with van der Waals surface area (Å²) in [5.41, 5.74) is 6.34. The van der Waals surface area contributed by atoms with Crippen molar-refractivity contribution in [1.82, 2.24) is 0 Å². The van der Waals surface area contributed by atoms with Crippen molar-refractivity contribution in [2.75, 3.05) is 7.11 Å². The van der Waals surface area contributed by atoms with Gasteiger partial charge in [0.1, 0.15) is 24.4 Å². The number of hydrogen-bond donors (Lipinski definition) is 0. The molecule has 0 aliphatic heterocycles. The molecular formula is C25H24O3. The zero-order valence-electron chi connectivity index (χ0n) is 16.4. The molecule has 3 nitrogen and oxygen atoms in total. The molecule has 0 N–H and O–H groups in total. The number of benzene rings is 3. The summed E-state index contributed by atoms with van der Waals surface area (Å²) in [7, 11) is 1.69. The van der Waals surface area contributed by atoms with E-state index >= 15 is 0 Å². The fourth-order valence-corrected chi connectivity index (χ4v) is 3.18. The molecule has 3 rings (SSSR count). The number of hydrogen-bond acceptors (Lipinski definition) is 3. The van der Waals surface area contributed by atoms with E-state index in [-0.39, 0.29) is 0 Å². The standard InChI is InChI=1S/C25H24O3/c1-4-25(27-3)22-10-13-24(18(2)14-22)21-7-5-6-20(15-21)17-28-23-11-8-19(16-26)9-12-23/h4-16H,17H2,1-3H3/b25-4+. The summed E-state index contributed by atoms with van der Waals surface area (Å²) in [5, 5.41) is 0. The Morgan fingerprint density at radius 2 is 1.79 bits per heavy atom. The van der Waals surface area contributed by atoms with Crippen LogP contribution in [0.4, 0.5) is 0 Å². The number of aryl methyl sites for hydroxylation is 1. The molecule has 0 atom stereocenters. The molecular weight excluding hydrogens is 348 g/mol. The Hall–Kier alpha value is -3.33. The van der Waals surface area contributed by atoms with E-state index in [4.69, 9.17) is 9.47 Å². The van der Waals surface area contributed by atoms with Crippen LogP contribution in [0.3, 0.4) is 0 Å². The van der Waals surface area contributed by atoms with E-state index in [1.165, 1.54) is 11.1 Å². The second-order valence-corrected chi connectivity index (χ2v) is 6.56. The van der Waals surface area contributed by atoms with Crippen molar-refractivity contribution in [1.29, 1.82) is 0 Å². The molecule has 0 heterocycles. The SMILES string of the molecule is C/C=C(/OC)c1ccc(-c2cccc(COc3ccc(C=O)cc3)c2)c(C)c1.